The van der Waals surface area contributed by atoms with Crippen LogP contribution < -0.4 is 20.1 Å². The molecule has 0 unspecified atom stereocenters. The summed E-state index contributed by atoms with van der Waals surface area (Å²) in [4.78, 5) is 39.1. The SMILES string of the molecule is CCOC(=O)C1CCC(Oc2cc(C(=O)N[C@@H]3[C@H]4CC[C@H](C4)[C@@H]3C(=O)Nc3cccc(CF)c3)c(OC)cc2F)CC1. The molecule has 0 heterocycles. The van der Waals surface area contributed by atoms with Gasteiger partial charge in [0.25, 0.3) is 5.91 Å². The molecule has 5 rings (SSSR count). The molecule has 2 N–H and O–H groups in total. The van der Waals surface area contributed by atoms with Gasteiger partial charge in [-0.1, -0.05) is 12.1 Å². The van der Waals surface area contributed by atoms with E-state index in [1.807, 2.05) is 0 Å². The molecule has 226 valence electrons. The molecule has 10 heteroatoms. The van der Waals surface area contributed by atoms with Gasteiger partial charge in [0.2, 0.25) is 5.91 Å². The lowest BCUT2D eigenvalue weighted by Gasteiger charge is -2.31. The highest BCUT2D eigenvalue weighted by Gasteiger charge is 2.51. The Balaban J connectivity index is 1.28. The normalized spacial score (nSPS) is 26.4. The van der Waals surface area contributed by atoms with Crippen molar-refractivity contribution in [3.05, 3.63) is 53.3 Å². The number of halogens is 2. The molecule has 42 heavy (non-hydrogen) atoms. The molecule has 8 nitrogen and oxygen atoms in total. The molecule has 0 saturated heterocycles. The first kappa shape index (κ1) is 29.8. The van der Waals surface area contributed by atoms with Crippen LogP contribution in [0.3, 0.4) is 0 Å². The predicted molar refractivity (Wildman–Crippen MR) is 151 cm³/mol. The van der Waals surface area contributed by atoms with Crippen LogP contribution in [0.25, 0.3) is 0 Å². The number of carbonyl (C=O) groups excluding carboxylic acids is 3. The summed E-state index contributed by atoms with van der Waals surface area (Å²) in [6.45, 7) is 1.48. The summed E-state index contributed by atoms with van der Waals surface area (Å²) in [7, 11) is 1.36. The Morgan fingerprint density at radius 2 is 1.74 bits per heavy atom. The number of hydrogen-bond acceptors (Lipinski definition) is 6. The van der Waals surface area contributed by atoms with Gasteiger partial charge in [-0.15, -0.1) is 0 Å². The summed E-state index contributed by atoms with van der Waals surface area (Å²) in [5.41, 5.74) is 1.10. The van der Waals surface area contributed by atoms with Gasteiger partial charge in [-0.05, 0) is 87.5 Å². The van der Waals surface area contributed by atoms with Crippen molar-refractivity contribution in [1.82, 2.24) is 5.32 Å². The maximum atomic E-state index is 15.0. The molecule has 4 atom stereocenters. The van der Waals surface area contributed by atoms with E-state index >= 15 is 4.39 Å². The van der Waals surface area contributed by atoms with Gasteiger partial charge >= 0.3 is 5.97 Å². The van der Waals surface area contributed by atoms with Gasteiger partial charge in [0, 0.05) is 17.8 Å². The number of benzene rings is 2. The standard InChI is InChI=1S/C32H38F2N2O6/c1-3-41-32(39)19-9-11-23(12-10-19)42-27-15-24(26(40-2)16-25(27)34)30(37)36-29-21-8-7-20(14-21)28(29)31(38)35-22-6-4-5-18(13-22)17-33/h4-6,13,15-16,19-21,23,28-29H,3,7-12,14,17H2,1-2H3,(H,35,38)(H,36,37)/t19?,20-,21+,23?,28+,29-/m1/s1. The second-order valence-electron chi connectivity index (χ2n) is 11.5. The number of alkyl halides is 1. The Kier molecular flexibility index (Phi) is 9.28. The number of esters is 1. The fourth-order valence-electron chi connectivity index (χ4n) is 6.89. The maximum absolute atomic E-state index is 15.0. The van der Waals surface area contributed by atoms with Crippen LogP contribution in [0.1, 0.15) is 67.8 Å². The minimum atomic E-state index is -0.649. The highest BCUT2D eigenvalue weighted by molar-refractivity contribution is 5.99. The topological polar surface area (TPSA) is 103 Å². The monoisotopic (exact) mass is 584 g/mol. The molecular formula is C32H38F2N2O6. The Morgan fingerprint density at radius 3 is 2.45 bits per heavy atom. The molecule has 2 bridgehead atoms. The van der Waals surface area contributed by atoms with Gasteiger partial charge in [-0.2, -0.15) is 0 Å². The Hall–Kier alpha value is -3.69. The maximum Gasteiger partial charge on any atom is 0.308 e. The van der Waals surface area contributed by atoms with E-state index in [2.05, 4.69) is 10.6 Å². The van der Waals surface area contributed by atoms with Gasteiger partial charge in [0.05, 0.1) is 37.2 Å². The van der Waals surface area contributed by atoms with E-state index in [1.165, 1.54) is 13.2 Å². The third kappa shape index (κ3) is 6.37. The lowest BCUT2D eigenvalue weighted by molar-refractivity contribution is -0.149. The molecule has 0 aromatic heterocycles. The van der Waals surface area contributed by atoms with Crippen LogP contribution in [0.5, 0.6) is 11.5 Å². The molecule has 2 aromatic rings. The Labute approximate surface area is 244 Å². The summed E-state index contributed by atoms with van der Waals surface area (Å²) < 4.78 is 44.6. The molecule has 3 aliphatic rings. The summed E-state index contributed by atoms with van der Waals surface area (Å²) in [5, 5.41) is 5.96. The van der Waals surface area contributed by atoms with Crippen LogP contribution in [0.15, 0.2) is 36.4 Å². The van der Waals surface area contributed by atoms with Crippen LogP contribution in [0.4, 0.5) is 14.5 Å². The molecule has 3 saturated carbocycles. The minimum absolute atomic E-state index is 0.0597. The van der Waals surface area contributed by atoms with Crippen molar-refractivity contribution in [2.24, 2.45) is 23.7 Å². The quantitative estimate of drug-likeness (QED) is 0.353. The number of fused-ring (bicyclic) bond motifs is 2. The van der Waals surface area contributed by atoms with E-state index in [0.717, 1.165) is 25.3 Å². The van der Waals surface area contributed by atoms with Gasteiger partial charge < -0.3 is 24.8 Å². The fraction of sp³-hybridized carbons (Fsp3) is 0.531. The third-order valence-corrected chi connectivity index (χ3v) is 8.95. The van der Waals surface area contributed by atoms with Crippen molar-refractivity contribution < 1.29 is 37.4 Å². The van der Waals surface area contributed by atoms with Crippen molar-refractivity contribution in [3.8, 4) is 11.5 Å². The zero-order valence-electron chi connectivity index (χ0n) is 24.0. The molecule has 3 aliphatic carbocycles. The first-order chi connectivity index (χ1) is 20.3. The van der Waals surface area contributed by atoms with Crippen molar-refractivity contribution in [3.63, 3.8) is 0 Å². The third-order valence-electron chi connectivity index (χ3n) is 8.95. The van der Waals surface area contributed by atoms with Crippen molar-refractivity contribution in [1.29, 1.82) is 0 Å². The number of anilines is 1. The Bertz CT molecular complexity index is 1310. The first-order valence-electron chi connectivity index (χ1n) is 14.8. The van der Waals surface area contributed by atoms with Crippen molar-refractivity contribution in [2.45, 2.75) is 70.7 Å². The highest BCUT2D eigenvalue weighted by atomic mass is 19.1. The summed E-state index contributed by atoms with van der Waals surface area (Å²) in [6.07, 6.45) is 4.62. The summed E-state index contributed by atoms with van der Waals surface area (Å²) >= 11 is 0. The Morgan fingerprint density at radius 1 is 0.976 bits per heavy atom. The van der Waals surface area contributed by atoms with E-state index in [4.69, 9.17) is 14.2 Å². The molecule has 0 aliphatic heterocycles. The fourth-order valence-corrected chi connectivity index (χ4v) is 6.89. The van der Waals surface area contributed by atoms with Crippen molar-refractivity contribution >= 4 is 23.5 Å². The number of amides is 2. The van der Waals surface area contributed by atoms with Gasteiger partial charge in [0.15, 0.2) is 11.6 Å². The molecule has 2 aromatic carbocycles. The van der Waals surface area contributed by atoms with Gasteiger partial charge in [0.1, 0.15) is 12.4 Å². The summed E-state index contributed by atoms with van der Waals surface area (Å²) in [5.74, 6) is -1.91. The molecule has 3 fully saturated rings. The van der Waals surface area contributed by atoms with Crippen LogP contribution >= 0.6 is 0 Å². The number of ether oxygens (including phenoxy) is 3. The van der Waals surface area contributed by atoms with E-state index in [1.54, 1.807) is 31.2 Å². The number of methoxy groups -OCH3 is 1. The number of carbonyl (C=O) groups is 3. The molecule has 0 spiro atoms. The number of rotatable bonds is 10. The second kappa shape index (κ2) is 13.1. The van der Waals surface area contributed by atoms with Crippen LogP contribution in [0.2, 0.25) is 0 Å². The molecule has 2 amide bonds. The lowest BCUT2D eigenvalue weighted by atomic mass is 9.83. The van der Waals surface area contributed by atoms with Crippen LogP contribution in [-0.4, -0.2) is 43.6 Å². The highest BCUT2D eigenvalue weighted by Crippen LogP contribution is 2.49. The van der Waals surface area contributed by atoms with E-state index in [0.29, 0.717) is 43.5 Å². The lowest BCUT2D eigenvalue weighted by Crippen LogP contribution is -2.48. The number of hydrogen-bond donors (Lipinski definition) is 2. The molecule has 0 radical (unpaired) electrons. The molecular weight excluding hydrogens is 546 g/mol. The number of nitrogens with one attached hydrogen (secondary N) is 2. The van der Waals surface area contributed by atoms with Crippen LogP contribution in [-0.2, 0) is 21.0 Å². The first-order valence-corrected chi connectivity index (χ1v) is 14.8. The predicted octanol–water partition coefficient (Wildman–Crippen LogP) is 5.59. The zero-order valence-corrected chi connectivity index (χ0v) is 24.0. The smallest absolute Gasteiger partial charge is 0.308 e. The second-order valence-corrected chi connectivity index (χ2v) is 11.5. The zero-order chi connectivity index (χ0) is 29.8. The average molecular weight is 585 g/mol. The van der Waals surface area contributed by atoms with Gasteiger partial charge in [-0.3, -0.25) is 14.4 Å². The largest absolute Gasteiger partial charge is 0.496 e. The van der Waals surface area contributed by atoms with Crippen LogP contribution in [0, 0.1) is 29.5 Å². The van der Waals surface area contributed by atoms with E-state index < -0.39 is 30.4 Å². The average Bonchev–Trinajstić information content (AvgIpc) is 3.60. The summed E-state index contributed by atoms with van der Waals surface area (Å²) in [6, 6.07) is 8.75. The van der Waals surface area contributed by atoms with E-state index in [-0.39, 0.29) is 52.8 Å². The van der Waals surface area contributed by atoms with Gasteiger partial charge in [-0.25, -0.2) is 8.78 Å². The van der Waals surface area contributed by atoms with Crippen molar-refractivity contribution in [2.75, 3.05) is 19.0 Å². The van der Waals surface area contributed by atoms with E-state index in [9.17, 15) is 18.8 Å². The minimum Gasteiger partial charge on any atom is -0.496 e.